The van der Waals surface area contributed by atoms with Crippen LogP contribution in [-0.4, -0.2) is 0 Å². The second-order valence-corrected chi connectivity index (χ2v) is 4.04. The van der Waals surface area contributed by atoms with Gasteiger partial charge in [0, 0.05) is 0 Å². The minimum absolute atomic E-state index is 1.20. The Morgan fingerprint density at radius 3 is 2.53 bits per heavy atom. The van der Waals surface area contributed by atoms with Crippen LogP contribution in [0.15, 0.2) is 24.8 Å². The van der Waals surface area contributed by atoms with E-state index in [4.69, 9.17) is 0 Å². The molecule has 0 unspecified atom stereocenters. The number of rotatable bonds is 6. The maximum atomic E-state index is 3.90. The smallest absolute Gasteiger partial charge is 0.0228 e. The molecule has 0 saturated carbocycles. The summed E-state index contributed by atoms with van der Waals surface area (Å²) >= 11 is 0. The van der Waals surface area contributed by atoms with Crippen molar-refractivity contribution in [2.75, 3.05) is 0 Å². The summed E-state index contributed by atoms with van der Waals surface area (Å²) in [7, 11) is 0. The first kappa shape index (κ1) is 12.0. The monoisotopic (exact) mass is 202 g/mol. The minimum atomic E-state index is 1.20. The molecule has 0 radical (unpaired) electrons. The molecule has 82 valence electrons. The molecular weight excluding hydrogens is 180 g/mol. The quantitative estimate of drug-likeness (QED) is 0.631. The van der Waals surface area contributed by atoms with Crippen LogP contribution >= 0.6 is 0 Å². The molecule has 1 aromatic rings. The van der Waals surface area contributed by atoms with Gasteiger partial charge >= 0.3 is 0 Å². The molecule has 0 spiro atoms. The van der Waals surface area contributed by atoms with Crippen LogP contribution < -0.4 is 0 Å². The summed E-state index contributed by atoms with van der Waals surface area (Å²) in [6, 6.07) is 6.59. The Hall–Kier alpha value is -1.04. The van der Waals surface area contributed by atoms with Gasteiger partial charge in [-0.05, 0) is 36.0 Å². The number of benzene rings is 1. The second kappa shape index (κ2) is 6.44. The molecule has 0 saturated heterocycles. The van der Waals surface area contributed by atoms with Gasteiger partial charge in [-0.2, -0.15) is 0 Å². The van der Waals surface area contributed by atoms with E-state index in [0.29, 0.717) is 0 Å². The molecule has 1 rings (SSSR count). The van der Waals surface area contributed by atoms with Gasteiger partial charge in [0.2, 0.25) is 0 Å². The van der Waals surface area contributed by atoms with Gasteiger partial charge in [-0.3, -0.25) is 0 Å². The van der Waals surface area contributed by atoms with E-state index in [9.17, 15) is 0 Å². The second-order valence-electron chi connectivity index (χ2n) is 4.04. The Morgan fingerprint density at radius 2 is 1.93 bits per heavy atom. The number of hydrogen-bond acceptors (Lipinski definition) is 0. The third-order valence-electron chi connectivity index (χ3n) is 2.83. The highest BCUT2D eigenvalue weighted by molar-refractivity contribution is 5.54. The first-order valence-electron chi connectivity index (χ1n) is 6.06. The molecule has 0 aliphatic heterocycles. The largest absolute Gasteiger partial charge is 0.0985 e. The van der Waals surface area contributed by atoms with E-state index < -0.39 is 0 Å². The molecule has 0 aliphatic rings. The van der Waals surface area contributed by atoms with Gasteiger partial charge in [-0.1, -0.05) is 57.5 Å². The van der Waals surface area contributed by atoms with Crippen LogP contribution in [0.2, 0.25) is 0 Å². The molecule has 0 fully saturated rings. The Balaban J connectivity index is 2.97. The van der Waals surface area contributed by atoms with Crippen molar-refractivity contribution in [1.82, 2.24) is 0 Å². The van der Waals surface area contributed by atoms with E-state index in [-0.39, 0.29) is 0 Å². The third kappa shape index (κ3) is 3.23. The molecular formula is C15H22. The van der Waals surface area contributed by atoms with Crippen molar-refractivity contribution in [2.45, 2.75) is 46.0 Å². The maximum absolute atomic E-state index is 3.90. The van der Waals surface area contributed by atoms with E-state index in [1.54, 1.807) is 0 Å². The Morgan fingerprint density at radius 1 is 1.13 bits per heavy atom. The molecule has 0 amide bonds. The fourth-order valence-corrected chi connectivity index (χ4v) is 2.01. The average molecular weight is 202 g/mol. The lowest BCUT2D eigenvalue weighted by molar-refractivity contribution is 0.779. The average Bonchev–Trinajstić information content (AvgIpc) is 2.27. The summed E-state index contributed by atoms with van der Waals surface area (Å²) in [5.74, 6) is 0. The van der Waals surface area contributed by atoms with Gasteiger partial charge in [-0.25, -0.2) is 0 Å². The first-order chi connectivity index (χ1) is 7.33. The summed E-state index contributed by atoms with van der Waals surface area (Å²) in [5, 5.41) is 0. The SMILES string of the molecule is C=Cc1cccc(CCC)c1CCCC. The van der Waals surface area contributed by atoms with E-state index in [1.807, 2.05) is 6.08 Å². The molecule has 0 N–H and O–H groups in total. The van der Waals surface area contributed by atoms with Crippen LogP contribution in [0.4, 0.5) is 0 Å². The van der Waals surface area contributed by atoms with E-state index in [0.717, 1.165) is 0 Å². The molecule has 0 aromatic heterocycles. The summed E-state index contributed by atoms with van der Waals surface area (Å²) in [6.07, 6.45) is 8.15. The van der Waals surface area contributed by atoms with Crippen LogP contribution in [0.5, 0.6) is 0 Å². The molecule has 0 aliphatic carbocycles. The Bertz CT molecular complexity index is 310. The van der Waals surface area contributed by atoms with Crippen LogP contribution in [0.3, 0.4) is 0 Å². The maximum Gasteiger partial charge on any atom is -0.0228 e. The van der Waals surface area contributed by atoms with Gasteiger partial charge in [0.05, 0.1) is 0 Å². The lowest BCUT2D eigenvalue weighted by atomic mass is 9.94. The third-order valence-corrected chi connectivity index (χ3v) is 2.83. The number of hydrogen-bond donors (Lipinski definition) is 0. The number of unbranched alkanes of at least 4 members (excludes halogenated alkanes) is 1. The lowest BCUT2D eigenvalue weighted by Gasteiger charge is -2.11. The lowest BCUT2D eigenvalue weighted by Crippen LogP contribution is -1.97. The van der Waals surface area contributed by atoms with Crippen molar-refractivity contribution in [2.24, 2.45) is 0 Å². The van der Waals surface area contributed by atoms with Gasteiger partial charge in [0.1, 0.15) is 0 Å². The van der Waals surface area contributed by atoms with E-state index in [2.05, 4.69) is 38.6 Å². The molecule has 15 heavy (non-hydrogen) atoms. The van der Waals surface area contributed by atoms with Gasteiger partial charge in [0.25, 0.3) is 0 Å². The minimum Gasteiger partial charge on any atom is -0.0985 e. The predicted molar refractivity (Wildman–Crippen MR) is 69.1 cm³/mol. The van der Waals surface area contributed by atoms with Crippen molar-refractivity contribution in [3.05, 3.63) is 41.5 Å². The topological polar surface area (TPSA) is 0 Å². The molecule has 0 heteroatoms. The normalized spacial score (nSPS) is 10.3. The highest BCUT2D eigenvalue weighted by atomic mass is 14.1. The van der Waals surface area contributed by atoms with E-state index >= 15 is 0 Å². The predicted octanol–water partition coefficient (Wildman–Crippen LogP) is 4.62. The summed E-state index contributed by atoms with van der Waals surface area (Å²) < 4.78 is 0. The van der Waals surface area contributed by atoms with Crippen LogP contribution in [-0.2, 0) is 12.8 Å². The zero-order chi connectivity index (χ0) is 11.1. The van der Waals surface area contributed by atoms with Crippen LogP contribution in [0.25, 0.3) is 6.08 Å². The van der Waals surface area contributed by atoms with Crippen LogP contribution in [0.1, 0.15) is 49.8 Å². The van der Waals surface area contributed by atoms with Crippen molar-refractivity contribution in [3.8, 4) is 0 Å². The fourth-order valence-electron chi connectivity index (χ4n) is 2.01. The highest BCUT2D eigenvalue weighted by Crippen LogP contribution is 2.20. The molecule has 0 bridgehead atoms. The summed E-state index contributed by atoms with van der Waals surface area (Å²) in [6.45, 7) is 8.39. The fraction of sp³-hybridized carbons (Fsp3) is 0.467. The first-order valence-corrected chi connectivity index (χ1v) is 6.06. The standard InChI is InChI=1S/C15H22/c1-4-7-12-15-13(6-3)10-8-11-14(15)9-5-2/h6,8,10-11H,3-5,7,9,12H2,1-2H3. The highest BCUT2D eigenvalue weighted by Gasteiger charge is 2.04. The van der Waals surface area contributed by atoms with Crippen molar-refractivity contribution >= 4 is 6.08 Å². The Labute approximate surface area is 94.0 Å². The van der Waals surface area contributed by atoms with Crippen molar-refractivity contribution in [3.63, 3.8) is 0 Å². The summed E-state index contributed by atoms with van der Waals surface area (Å²) in [5.41, 5.74) is 4.37. The van der Waals surface area contributed by atoms with Crippen molar-refractivity contribution < 1.29 is 0 Å². The molecule has 0 atom stereocenters. The molecule has 0 heterocycles. The van der Waals surface area contributed by atoms with Gasteiger partial charge in [-0.15, -0.1) is 0 Å². The van der Waals surface area contributed by atoms with Gasteiger partial charge in [0.15, 0.2) is 0 Å². The summed E-state index contributed by atoms with van der Waals surface area (Å²) in [4.78, 5) is 0. The number of aryl methyl sites for hydroxylation is 1. The van der Waals surface area contributed by atoms with E-state index in [1.165, 1.54) is 48.8 Å². The van der Waals surface area contributed by atoms with Crippen LogP contribution in [0, 0.1) is 0 Å². The zero-order valence-electron chi connectivity index (χ0n) is 10.1. The Kier molecular flexibility index (Phi) is 5.17. The zero-order valence-corrected chi connectivity index (χ0v) is 10.1. The van der Waals surface area contributed by atoms with Crippen molar-refractivity contribution in [1.29, 1.82) is 0 Å². The van der Waals surface area contributed by atoms with Gasteiger partial charge < -0.3 is 0 Å². The molecule has 1 aromatic carbocycles. The molecule has 0 nitrogen and oxygen atoms in total.